The number of aromatic nitrogens is 1. The molecule has 0 amide bonds. The minimum Gasteiger partial charge on any atom is -0.313 e. The predicted molar refractivity (Wildman–Crippen MR) is 93.2 cm³/mol. The van der Waals surface area contributed by atoms with Crippen LogP contribution in [0.2, 0.25) is 0 Å². The van der Waals surface area contributed by atoms with Crippen LogP contribution in [-0.4, -0.2) is 16.9 Å². The van der Waals surface area contributed by atoms with Crippen LogP contribution in [0.25, 0.3) is 0 Å². The standard InChI is InChI=1S/C19H16NO2P/c21-19(18-13-7-8-14-20-18)15-23(22,16-9-3-1-4-10-16)17-11-5-2-6-12-17/h1-14H,15H2. The van der Waals surface area contributed by atoms with Crippen LogP contribution in [0.5, 0.6) is 0 Å². The summed E-state index contributed by atoms with van der Waals surface area (Å²) in [5.74, 6) is -0.207. The normalized spacial score (nSPS) is 11.1. The smallest absolute Gasteiger partial charge is 0.189 e. The highest BCUT2D eigenvalue weighted by atomic mass is 31.2. The van der Waals surface area contributed by atoms with E-state index in [0.717, 1.165) is 0 Å². The third-order valence-electron chi connectivity index (χ3n) is 3.66. The number of hydrogen-bond acceptors (Lipinski definition) is 3. The van der Waals surface area contributed by atoms with Crippen LogP contribution in [-0.2, 0) is 4.57 Å². The van der Waals surface area contributed by atoms with Crippen molar-refractivity contribution in [2.45, 2.75) is 0 Å². The predicted octanol–water partition coefficient (Wildman–Crippen LogP) is 3.28. The van der Waals surface area contributed by atoms with Crippen LogP contribution in [0.3, 0.4) is 0 Å². The first-order valence-corrected chi connectivity index (χ1v) is 9.24. The molecule has 114 valence electrons. The van der Waals surface area contributed by atoms with Crippen LogP contribution < -0.4 is 10.6 Å². The van der Waals surface area contributed by atoms with Crippen molar-refractivity contribution in [3.8, 4) is 0 Å². The fourth-order valence-corrected chi connectivity index (χ4v) is 5.02. The van der Waals surface area contributed by atoms with Crippen LogP contribution in [0.1, 0.15) is 10.5 Å². The first kappa shape index (κ1) is 15.4. The van der Waals surface area contributed by atoms with Crippen LogP contribution in [0.15, 0.2) is 85.1 Å². The summed E-state index contributed by atoms with van der Waals surface area (Å²) in [6, 6.07) is 23.6. The molecule has 0 saturated carbocycles. The quantitative estimate of drug-likeness (QED) is 0.535. The Kier molecular flexibility index (Phi) is 4.50. The minimum atomic E-state index is -3.04. The Morgan fingerprint density at radius 2 is 1.30 bits per heavy atom. The highest BCUT2D eigenvalue weighted by Crippen LogP contribution is 2.43. The number of benzene rings is 2. The van der Waals surface area contributed by atoms with Gasteiger partial charge >= 0.3 is 0 Å². The topological polar surface area (TPSA) is 47.0 Å². The molecule has 3 rings (SSSR count). The summed E-state index contributed by atoms with van der Waals surface area (Å²) in [7, 11) is -3.04. The van der Waals surface area contributed by atoms with E-state index in [1.807, 2.05) is 60.7 Å². The van der Waals surface area contributed by atoms with Crippen molar-refractivity contribution in [2.75, 3.05) is 6.16 Å². The zero-order chi connectivity index (χ0) is 16.1. The number of Topliss-reactive ketones (excluding diaryl/α,β-unsaturated/α-hetero) is 1. The van der Waals surface area contributed by atoms with Gasteiger partial charge in [-0.1, -0.05) is 66.7 Å². The molecular formula is C19H16NO2P. The summed E-state index contributed by atoms with van der Waals surface area (Å²) >= 11 is 0. The zero-order valence-electron chi connectivity index (χ0n) is 12.5. The molecule has 0 aliphatic carbocycles. The average molecular weight is 321 g/mol. The third kappa shape index (κ3) is 3.30. The molecule has 0 aliphatic heterocycles. The van der Waals surface area contributed by atoms with Gasteiger partial charge in [-0.25, -0.2) is 0 Å². The average Bonchev–Trinajstić information content (AvgIpc) is 2.64. The van der Waals surface area contributed by atoms with E-state index < -0.39 is 7.14 Å². The maximum absolute atomic E-state index is 13.8. The highest BCUT2D eigenvalue weighted by molar-refractivity contribution is 7.79. The summed E-state index contributed by atoms with van der Waals surface area (Å²) in [5, 5.41) is 1.38. The van der Waals surface area contributed by atoms with Gasteiger partial charge in [0.15, 0.2) is 12.9 Å². The van der Waals surface area contributed by atoms with Crippen molar-refractivity contribution in [3.63, 3.8) is 0 Å². The second-order valence-corrected chi connectivity index (χ2v) is 8.04. The molecule has 1 aromatic heterocycles. The van der Waals surface area contributed by atoms with Crippen molar-refractivity contribution in [3.05, 3.63) is 90.8 Å². The van der Waals surface area contributed by atoms with Crippen LogP contribution in [0.4, 0.5) is 0 Å². The number of carbonyl (C=O) groups excluding carboxylic acids is 1. The summed E-state index contributed by atoms with van der Waals surface area (Å²) < 4.78 is 13.8. The van der Waals surface area contributed by atoms with Gasteiger partial charge in [0.1, 0.15) is 5.69 Å². The van der Waals surface area contributed by atoms with Gasteiger partial charge in [0, 0.05) is 16.8 Å². The number of hydrogen-bond donors (Lipinski definition) is 0. The molecule has 4 heteroatoms. The van der Waals surface area contributed by atoms with E-state index in [1.165, 1.54) is 0 Å². The summed E-state index contributed by atoms with van der Waals surface area (Å²) in [6.45, 7) is 0. The Labute approximate surface area is 135 Å². The molecule has 23 heavy (non-hydrogen) atoms. The Bertz CT molecular complexity index is 790. The van der Waals surface area contributed by atoms with Gasteiger partial charge in [-0.15, -0.1) is 0 Å². The van der Waals surface area contributed by atoms with Crippen molar-refractivity contribution in [1.82, 2.24) is 4.98 Å². The molecule has 0 radical (unpaired) electrons. The van der Waals surface area contributed by atoms with Gasteiger partial charge in [-0.2, -0.15) is 0 Å². The molecule has 0 aliphatic rings. The lowest BCUT2D eigenvalue weighted by molar-refractivity contribution is 0.101. The summed E-state index contributed by atoms with van der Waals surface area (Å²) in [5.41, 5.74) is 0.347. The molecule has 3 nitrogen and oxygen atoms in total. The molecule has 0 bridgehead atoms. The Balaban J connectivity index is 2.04. The van der Waals surface area contributed by atoms with Gasteiger partial charge in [-0.05, 0) is 12.1 Å². The Hall–Kier alpha value is -2.51. The van der Waals surface area contributed by atoms with E-state index in [-0.39, 0.29) is 11.9 Å². The van der Waals surface area contributed by atoms with Crippen molar-refractivity contribution >= 4 is 23.5 Å². The third-order valence-corrected chi connectivity index (χ3v) is 6.66. The SMILES string of the molecule is O=C(CP(=O)(c1ccccc1)c1ccccc1)c1ccccn1. The van der Waals surface area contributed by atoms with Crippen molar-refractivity contribution < 1.29 is 9.36 Å². The lowest BCUT2D eigenvalue weighted by Crippen LogP contribution is -2.22. The summed E-state index contributed by atoms with van der Waals surface area (Å²) in [4.78, 5) is 16.7. The molecule has 0 fully saturated rings. The second-order valence-electron chi connectivity index (χ2n) is 5.21. The number of pyridine rings is 1. The van der Waals surface area contributed by atoms with E-state index in [1.54, 1.807) is 24.4 Å². The number of rotatable bonds is 5. The Morgan fingerprint density at radius 3 is 1.78 bits per heavy atom. The lowest BCUT2D eigenvalue weighted by atomic mass is 10.3. The maximum Gasteiger partial charge on any atom is 0.189 e. The second kappa shape index (κ2) is 6.72. The van der Waals surface area contributed by atoms with Crippen molar-refractivity contribution in [1.29, 1.82) is 0 Å². The first-order valence-electron chi connectivity index (χ1n) is 7.35. The molecule has 2 aromatic carbocycles. The summed E-state index contributed by atoms with van der Waals surface area (Å²) in [6.07, 6.45) is 1.52. The van der Waals surface area contributed by atoms with Gasteiger partial charge < -0.3 is 4.57 Å². The molecule has 0 spiro atoms. The van der Waals surface area contributed by atoms with E-state index >= 15 is 0 Å². The largest absolute Gasteiger partial charge is 0.313 e. The fourth-order valence-electron chi connectivity index (χ4n) is 2.48. The number of nitrogens with zero attached hydrogens (tertiary/aromatic N) is 1. The lowest BCUT2D eigenvalue weighted by Gasteiger charge is -2.18. The zero-order valence-corrected chi connectivity index (χ0v) is 13.4. The molecule has 0 atom stereocenters. The molecule has 0 unspecified atom stereocenters. The van der Waals surface area contributed by atoms with Crippen LogP contribution in [0, 0.1) is 0 Å². The maximum atomic E-state index is 13.8. The molecule has 0 N–H and O–H groups in total. The monoisotopic (exact) mass is 321 g/mol. The van der Waals surface area contributed by atoms with E-state index in [4.69, 9.17) is 0 Å². The molecule has 0 saturated heterocycles. The van der Waals surface area contributed by atoms with Crippen LogP contribution >= 0.6 is 7.14 Å². The molecule has 3 aromatic rings. The Morgan fingerprint density at radius 1 is 0.783 bits per heavy atom. The van der Waals surface area contributed by atoms with E-state index in [0.29, 0.717) is 16.3 Å². The molecule has 1 heterocycles. The first-order chi connectivity index (χ1) is 11.2. The fraction of sp³-hybridized carbons (Fsp3) is 0.0526. The van der Waals surface area contributed by atoms with Gasteiger partial charge in [0.25, 0.3) is 0 Å². The van der Waals surface area contributed by atoms with Gasteiger partial charge in [0.05, 0.1) is 6.16 Å². The van der Waals surface area contributed by atoms with Gasteiger partial charge in [0.2, 0.25) is 0 Å². The van der Waals surface area contributed by atoms with E-state index in [9.17, 15) is 9.36 Å². The number of carbonyl (C=O) groups is 1. The number of ketones is 1. The molecular weight excluding hydrogens is 305 g/mol. The van der Waals surface area contributed by atoms with Gasteiger partial charge in [-0.3, -0.25) is 9.78 Å². The van der Waals surface area contributed by atoms with Crippen molar-refractivity contribution in [2.24, 2.45) is 0 Å². The minimum absolute atomic E-state index is 0.0575. The highest BCUT2D eigenvalue weighted by Gasteiger charge is 2.30. The van der Waals surface area contributed by atoms with E-state index in [2.05, 4.69) is 4.98 Å².